The summed E-state index contributed by atoms with van der Waals surface area (Å²) in [6, 6.07) is 15.7. The van der Waals surface area contributed by atoms with E-state index in [1.165, 1.54) is 5.56 Å². The van der Waals surface area contributed by atoms with Gasteiger partial charge in [0, 0.05) is 19.2 Å². The van der Waals surface area contributed by atoms with Crippen LogP contribution >= 0.6 is 0 Å². The quantitative estimate of drug-likeness (QED) is 0.653. The van der Waals surface area contributed by atoms with Crippen molar-refractivity contribution < 1.29 is 9.47 Å². The van der Waals surface area contributed by atoms with E-state index in [2.05, 4.69) is 44.5 Å². The lowest BCUT2D eigenvalue weighted by molar-refractivity contribution is 0.405. The van der Waals surface area contributed by atoms with Crippen molar-refractivity contribution in [2.45, 2.75) is 13.5 Å². The third-order valence-electron chi connectivity index (χ3n) is 4.10. The molecule has 1 N–H and O–H groups in total. The number of nitrogens with one attached hydrogen (secondary N) is 1. The Morgan fingerprint density at radius 3 is 2.56 bits per heavy atom. The number of rotatable bonds is 8. The molecule has 7 nitrogen and oxygen atoms in total. The molecule has 0 saturated heterocycles. The zero-order valence-corrected chi connectivity index (χ0v) is 15.7. The summed E-state index contributed by atoms with van der Waals surface area (Å²) in [6.07, 6.45) is 1.58. The molecule has 0 fully saturated rings. The molecule has 27 heavy (non-hydrogen) atoms. The van der Waals surface area contributed by atoms with Crippen LogP contribution in [0.1, 0.15) is 12.5 Å². The highest BCUT2D eigenvalue weighted by Gasteiger charge is 2.12. The maximum Gasteiger partial charge on any atom is 0.247 e. The van der Waals surface area contributed by atoms with Gasteiger partial charge in [0.05, 0.1) is 26.1 Å². The standard InChI is InChI=1S/C20H23N5O2/c1-4-25(14-15-8-6-5-7-9-15)20-23-19(13-21-24-20)22-17-12-16(26-2)10-11-18(17)27-3/h5-13H,4,14H2,1-3H3,(H,22,23,24). The second-order valence-electron chi connectivity index (χ2n) is 5.83. The lowest BCUT2D eigenvalue weighted by Gasteiger charge is -2.21. The summed E-state index contributed by atoms with van der Waals surface area (Å²) < 4.78 is 10.7. The van der Waals surface area contributed by atoms with Gasteiger partial charge in [0.2, 0.25) is 5.95 Å². The third kappa shape index (κ3) is 4.63. The first-order valence-corrected chi connectivity index (χ1v) is 8.71. The zero-order chi connectivity index (χ0) is 19.1. The minimum atomic E-state index is 0.563. The number of hydrogen-bond acceptors (Lipinski definition) is 7. The fraction of sp³-hybridized carbons (Fsp3) is 0.250. The third-order valence-corrected chi connectivity index (χ3v) is 4.10. The molecule has 0 radical (unpaired) electrons. The van der Waals surface area contributed by atoms with Crippen LogP contribution in [0.15, 0.2) is 54.7 Å². The van der Waals surface area contributed by atoms with Crippen LogP contribution in [-0.4, -0.2) is 35.9 Å². The largest absolute Gasteiger partial charge is 0.497 e. The molecule has 0 spiro atoms. The van der Waals surface area contributed by atoms with Crippen molar-refractivity contribution in [1.82, 2.24) is 15.2 Å². The van der Waals surface area contributed by atoms with E-state index >= 15 is 0 Å². The summed E-state index contributed by atoms with van der Waals surface area (Å²) >= 11 is 0. The lowest BCUT2D eigenvalue weighted by Crippen LogP contribution is -2.24. The van der Waals surface area contributed by atoms with Gasteiger partial charge in [0.25, 0.3) is 0 Å². The van der Waals surface area contributed by atoms with Crippen molar-refractivity contribution in [2.75, 3.05) is 31.0 Å². The average molecular weight is 365 g/mol. The monoisotopic (exact) mass is 365 g/mol. The van der Waals surface area contributed by atoms with Crippen molar-refractivity contribution in [3.63, 3.8) is 0 Å². The van der Waals surface area contributed by atoms with Gasteiger partial charge >= 0.3 is 0 Å². The highest BCUT2D eigenvalue weighted by Crippen LogP contribution is 2.31. The van der Waals surface area contributed by atoms with Gasteiger partial charge in [-0.2, -0.15) is 10.1 Å². The Morgan fingerprint density at radius 2 is 1.85 bits per heavy atom. The molecule has 0 aliphatic rings. The fourth-order valence-electron chi connectivity index (χ4n) is 2.67. The van der Waals surface area contributed by atoms with Gasteiger partial charge in [0.1, 0.15) is 11.5 Å². The van der Waals surface area contributed by atoms with Gasteiger partial charge in [-0.05, 0) is 24.6 Å². The first-order valence-electron chi connectivity index (χ1n) is 8.71. The summed E-state index contributed by atoms with van der Waals surface area (Å²) in [5.41, 5.74) is 1.94. The van der Waals surface area contributed by atoms with Gasteiger partial charge in [-0.25, -0.2) is 0 Å². The fourth-order valence-corrected chi connectivity index (χ4v) is 2.67. The Morgan fingerprint density at radius 1 is 1.04 bits per heavy atom. The molecule has 1 aromatic heterocycles. The predicted molar refractivity (Wildman–Crippen MR) is 106 cm³/mol. The highest BCUT2D eigenvalue weighted by atomic mass is 16.5. The van der Waals surface area contributed by atoms with Gasteiger partial charge in [-0.1, -0.05) is 30.3 Å². The second-order valence-corrected chi connectivity index (χ2v) is 5.83. The van der Waals surface area contributed by atoms with E-state index in [1.54, 1.807) is 20.4 Å². The molecule has 0 aliphatic carbocycles. The molecule has 3 rings (SSSR count). The van der Waals surface area contributed by atoms with E-state index in [9.17, 15) is 0 Å². The molecule has 2 aromatic carbocycles. The van der Waals surface area contributed by atoms with Crippen LogP contribution in [0.4, 0.5) is 17.5 Å². The Hall–Kier alpha value is -3.35. The molecule has 0 saturated carbocycles. The van der Waals surface area contributed by atoms with E-state index < -0.39 is 0 Å². The van der Waals surface area contributed by atoms with Gasteiger partial charge in [0.15, 0.2) is 5.82 Å². The van der Waals surface area contributed by atoms with E-state index in [-0.39, 0.29) is 0 Å². The van der Waals surface area contributed by atoms with Crippen LogP contribution in [0.3, 0.4) is 0 Å². The Bertz CT molecular complexity index is 873. The molecule has 0 atom stereocenters. The van der Waals surface area contributed by atoms with Crippen LogP contribution in [0, 0.1) is 0 Å². The van der Waals surface area contributed by atoms with Crippen LogP contribution in [0.2, 0.25) is 0 Å². The number of anilines is 3. The molecule has 0 aliphatic heterocycles. The number of methoxy groups -OCH3 is 2. The molecule has 0 bridgehead atoms. The number of benzene rings is 2. The SMILES string of the molecule is CCN(Cc1ccccc1)c1nncc(Nc2cc(OC)ccc2OC)n1. The number of ether oxygens (including phenoxy) is 2. The maximum atomic E-state index is 5.40. The van der Waals surface area contributed by atoms with Gasteiger partial charge in [-0.15, -0.1) is 5.10 Å². The Kier molecular flexibility index (Phi) is 6.04. The Balaban J connectivity index is 1.83. The molecular weight excluding hydrogens is 342 g/mol. The molecule has 3 aromatic rings. The first kappa shape index (κ1) is 18.4. The zero-order valence-electron chi connectivity index (χ0n) is 15.7. The van der Waals surface area contributed by atoms with E-state index in [0.717, 1.165) is 18.0 Å². The number of nitrogens with zero attached hydrogens (tertiary/aromatic N) is 4. The molecule has 0 amide bonds. The summed E-state index contributed by atoms with van der Waals surface area (Å²) in [4.78, 5) is 6.68. The van der Waals surface area contributed by atoms with E-state index in [1.807, 2.05) is 36.4 Å². The van der Waals surface area contributed by atoms with E-state index in [4.69, 9.17) is 9.47 Å². The minimum absolute atomic E-state index is 0.563. The molecular formula is C20H23N5O2. The van der Waals surface area contributed by atoms with Crippen LogP contribution in [0.5, 0.6) is 11.5 Å². The summed E-state index contributed by atoms with van der Waals surface area (Å²) in [6.45, 7) is 3.55. The van der Waals surface area contributed by atoms with Crippen molar-refractivity contribution in [2.24, 2.45) is 0 Å². The number of hydrogen-bond donors (Lipinski definition) is 1. The average Bonchev–Trinajstić information content (AvgIpc) is 2.73. The molecule has 7 heteroatoms. The van der Waals surface area contributed by atoms with Crippen molar-refractivity contribution in [3.8, 4) is 11.5 Å². The normalized spacial score (nSPS) is 10.3. The maximum absolute atomic E-state index is 5.40. The highest BCUT2D eigenvalue weighted by molar-refractivity contribution is 5.66. The van der Waals surface area contributed by atoms with Crippen molar-refractivity contribution in [3.05, 3.63) is 60.3 Å². The summed E-state index contributed by atoms with van der Waals surface area (Å²) in [5, 5.41) is 11.5. The van der Waals surface area contributed by atoms with Gasteiger partial charge in [-0.3, -0.25) is 0 Å². The smallest absolute Gasteiger partial charge is 0.247 e. The van der Waals surface area contributed by atoms with Crippen LogP contribution < -0.4 is 19.7 Å². The molecule has 140 valence electrons. The first-order chi connectivity index (χ1) is 13.2. The van der Waals surface area contributed by atoms with Crippen LogP contribution in [-0.2, 0) is 6.54 Å². The van der Waals surface area contributed by atoms with Crippen molar-refractivity contribution >= 4 is 17.5 Å². The predicted octanol–water partition coefficient (Wildman–Crippen LogP) is 3.66. The molecule has 0 unspecified atom stereocenters. The van der Waals surface area contributed by atoms with Crippen LogP contribution in [0.25, 0.3) is 0 Å². The summed E-state index contributed by atoms with van der Waals surface area (Å²) in [7, 11) is 3.24. The second kappa shape index (κ2) is 8.84. The summed E-state index contributed by atoms with van der Waals surface area (Å²) in [5.74, 6) is 2.55. The topological polar surface area (TPSA) is 72.4 Å². The van der Waals surface area contributed by atoms with E-state index in [0.29, 0.717) is 24.1 Å². The lowest BCUT2D eigenvalue weighted by atomic mass is 10.2. The Labute approximate surface area is 159 Å². The van der Waals surface area contributed by atoms with Gasteiger partial charge < -0.3 is 19.7 Å². The molecule has 1 heterocycles. The van der Waals surface area contributed by atoms with Crippen molar-refractivity contribution in [1.29, 1.82) is 0 Å². The minimum Gasteiger partial charge on any atom is -0.497 e. The number of aromatic nitrogens is 3.